The highest BCUT2D eigenvalue weighted by Gasteiger charge is 2.09. The van der Waals surface area contributed by atoms with Crippen LogP contribution in [0.2, 0.25) is 10.0 Å². The zero-order chi connectivity index (χ0) is 14.4. The molecule has 0 fully saturated rings. The Balaban J connectivity index is 1.76. The lowest BCUT2D eigenvalue weighted by Crippen LogP contribution is -2.23. The zero-order valence-electron chi connectivity index (χ0n) is 11.0. The Labute approximate surface area is 129 Å². The summed E-state index contributed by atoms with van der Waals surface area (Å²) in [5.74, 6) is 0. The van der Waals surface area contributed by atoms with Crippen LogP contribution in [0.1, 0.15) is 17.2 Å². The zero-order valence-corrected chi connectivity index (χ0v) is 12.5. The second kappa shape index (κ2) is 7.65. The molecule has 2 N–H and O–H groups in total. The third-order valence-corrected chi connectivity index (χ3v) is 3.70. The normalized spacial score (nSPS) is 12.3. The molecule has 0 aliphatic rings. The van der Waals surface area contributed by atoms with Crippen molar-refractivity contribution in [2.75, 3.05) is 13.1 Å². The molecule has 0 amide bonds. The molecule has 2 nitrogen and oxygen atoms in total. The van der Waals surface area contributed by atoms with E-state index >= 15 is 0 Å². The molecule has 0 aromatic heterocycles. The molecule has 0 bridgehead atoms. The van der Waals surface area contributed by atoms with E-state index in [0.29, 0.717) is 11.6 Å². The lowest BCUT2D eigenvalue weighted by molar-refractivity contribution is 0.175. The first-order chi connectivity index (χ1) is 9.66. The van der Waals surface area contributed by atoms with Gasteiger partial charge in [0, 0.05) is 22.2 Å². The summed E-state index contributed by atoms with van der Waals surface area (Å²) < 4.78 is 0. The van der Waals surface area contributed by atoms with Gasteiger partial charge in [-0.1, -0.05) is 53.5 Å². The summed E-state index contributed by atoms with van der Waals surface area (Å²) in [5.41, 5.74) is 1.97. The molecule has 0 aliphatic heterocycles. The Morgan fingerprint density at radius 1 is 1.00 bits per heavy atom. The number of nitrogens with one attached hydrogen (secondary N) is 1. The lowest BCUT2D eigenvalue weighted by Gasteiger charge is -2.13. The van der Waals surface area contributed by atoms with E-state index in [9.17, 15) is 5.11 Å². The fourth-order valence-electron chi connectivity index (χ4n) is 1.98. The molecule has 0 spiro atoms. The van der Waals surface area contributed by atoms with Gasteiger partial charge in [0.15, 0.2) is 0 Å². The predicted molar refractivity (Wildman–Crippen MR) is 84.4 cm³/mol. The third kappa shape index (κ3) is 4.50. The number of rotatable bonds is 6. The van der Waals surface area contributed by atoms with E-state index in [4.69, 9.17) is 23.2 Å². The summed E-state index contributed by atoms with van der Waals surface area (Å²) >= 11 is 11.9. The van der Waals surface area contributed by atoms with Crippen LogP contribution in [-0.2, 0) is 6.42 Å². The van der Waals surface area contributed by atoms with Crippen LogP contribution in [0.25, 0.3) is 0 Å². The second-order valence-electron chi connectivity index (χ2n) is 4.62. The van der Waals surface area contributed by atoms with Crippen molar-refractivity contribution in [3.05, 3.63) is 69.7 Å². The van der Waals surface area contributed by atoms with Crippen LogP contribution in [0.15, 0.2) is 48.5 Å². The minimum absolute atomic E-state index is 0.483. The van der Waals surface area contributed by atoms with Crippen LogP contribution in [0.5, 0.6) is 0 Å². The Morgan fingerprint density at radius 2 is 1.70 bits per heavy atom. The number of hydrogen-bond donors (Lipinski definition) is 2. The number of aliphatic hydroxyl groups is 1. The Bertz CT molecular complexity index is 542. The van der Waals surface area contributed by atoms with E-state index in [1.165, 1.54) is 5.56 Å². The average Bonchev–Trinajstić information content (AvgIpc) is 2.46. The van der Waals surface area contributed by atoms with Crippen LogP contribution in [-0.4, -0.2) is 18.2 Å². The quantitative estimate of drug-likeness (QED) is 0.794. The van der Waals surface area contributed by atoms with Crippen molar-refractivity contribution in [2.45, 2.75) is 12.5 Å². The number of benzene rings is 2. The molecular formula is C16H17Cl2NO. The summed E-state index contributed by atoms with van der Waals surface area (Å²) in [4.78, 5) is 0. The fraction of sp³-hybridized carbons (Fsp3) is 0.250. The maximum Gasteiger partial charge on any atom is 0.0928 e. The molecule has 0 saturated heterocycles. The number of aliphatic hydroxyl groups excluding tert-OH is 1. The van der Waals surface area contributed by atoms with Gasteiger partial charge in [-0.3, -0.25) is 0 Å². The summed E-state index contributed by atoms with van der Waals surface area (Å²) in [6.07, 6.45) is 0.306. The molecule has 0 heterocycles. The maximum absolute atomic E-state index is 10.1. The first kappa shape index (κ1) is 15.3. The van der Waals surface area contributed by atoms with Crippen molar-refractivity contribution in [2.24, 2.45) is 0 Å². The minimum atomic E-state index is -0.589. The van der Waals surface area contributed by atoms with E-state index in [0.717, 1.165) is 23.6 Å². The van der Waals surface area contributed by atoms with Crippen molar-refractivity contribution in [1.29, 1.82) is 0 Å². The summed E-state index contributed by atoms with van der Waals surface area (Å²) in [6.45, 7) is 1.28. The molecule has 2 aromatic carbocycles. The molecule has 20 heavy (non-hydrogen) atoms. The Hall–Kier alpha value is -1.06. The van der Waals surface area contributed by atoms with Crippen molar-refractivity contribution in [3.63, 3.8) is 0 Å². The van der Waals surface area contributed by atoms with E-state index < -0.39 is 6.10 Å². The topological polar surface area (TPSA) is 32.3 Å². The first-order valence-corrected chi connectivity index (χ1v) is 7.30. The molecule has 2 aromatic rings. The van der Waals surface area contributed by atoms with Gasteiger partial charge >= 0.3 is 0 Å². The van der Waals surface area contributed by atoms with Crippen molar-refractivity contribution in [1.82, 2.24) is 5.32 Å². The molecular weight excluding hydrogens is 293 g/mol. The standard InChI is InChI=1S/C16H17Cl2NO/c17-13-7-5-12(6-8-13)9-10-19-11-16(20)14-3-1-2-4-15(14)18/h1-8,16,19-20H,9-11H2. The van der Waals surface area contributed by atoms with Crippen LogP contribution >= 0.6 is 23.2 Å². The van der Waals surface area contributed by atoms with Crippen molar-refractivity contribution < 1.29 is 5.11 Å². The maximum atomic E-state index is 10.1. The number of hydrogen-bond acceptors (Lipinski definition) is 2. The predicted octanol–water partition coefficient (Wildman–Crippen LogP) is 3.86. The third-order valence-electron chi connectivity index (χ3n) is 3.11. The molecule has 0 aliphatic carbocycles. The SMILES string of the molecule is OC(CNCCc1ccc(Cl)cc1)c1ccccc1Cl. The van der Waals surface area contributed by atoms with Gasteiger partial charge in [-0.05, 0) is 36.7 Å². The fourth-order valence-corrected chi connectivity index (χ4v) is 2.37. The average molecular weight is 310 g/mol. The van der Waals surface area contributed by atoms with Crippen LogP contribution in [0.3, 0.4) is 0 Å². The van der Waals surface area contributed by atoms with E-state index in [2.05, 4.69) is 5.32 Å². The van der Waals surface area contributed by atoms with Gasteiger partial charge < -0.3 is 10.4 Å². The minimum Gasteiger partial charge on any atom is -0.387 e. The molecule has 0 radical (unpaired) electrons. The van der Waals surface area contributed by atoms with Crippen LogP contribution in [0, 0.1) is 0 Å². The summed E-state index contributed by atoms with van der Waals surface area (Å²) in [7, 11) is 0. The highest BCUT2D eigenvalue weighted by Crippen LogP contribution is 2.21. The summed E-state index contributed by atoms with van der Waals surface area (Å²) in [6, 6.07) is 15.1. The molecule has 2 rings (SSSR count). The van der Waals surface area contributed by atoms with Crippen LogP contribution in [0.4, 0.5) is 0 Å². The van der Waals surface area contributed by atoms with Crippen LogP contribution < -0.4 is 5.32 Å². The molecule has 0 saturated carbocycles. The van der Waals surface area contributed by atoms with Crippen molar-refractivity contribution >= 4 is 23.2 Å². The smallest absolute Gasteiger partial charge is 0.0928 e. The second-order valence-corrected chi connectivity index (χ2v) is 5.46. The molecule has 1 atom stereocenters. The van der Waals surface area contributed by atoms with Gasteiger partial charge in [-0.25, -0.2) is 0 Å². The van der Waals surface area contributed by atoms with Gasteiger partial charge in [0.05, 0.1) is 6.10 Å². The highest BCUT2D eigenvalue weighted by atomic mass is 35.5. The van der Waals surface area contributed by atoms with Gasteiger partial charge in [0.1, 0.15) is 0 Å². The van der Waals surface area contributed by atoms with Gasteiger partial charge in [-0.2, -0.15) is 0 Å². The Kier molecular flexibility index (Phi) is 5.86. The van der Waals surface area contributed by atoms with E-state index in [1.807, 2.05) is 42.5 Å². The van der Waals surface area contributed by atoms with E-state index in [1.54, 1.807) is 6.07 Å². The molecule has 4 heteroatoms. The number of halogens is 2. The largest absolute Gasteiger partial charge is 0.387 e. The molecule has 106 valence electrons. The van der Waals surface area contributed by atoms with Gasteiger partial charge in [0.2, 0.25) is 0 Å². The van der Waals surface area contributed by atoms with Crippen molar-refractivity contribution in [3.8, 4) is 0 Å². The first-order valence-electron chi connectivity index (χ1n) is 6.54. The van der Waals surface area contributed by atoms with E-state index in [-0.39, 0.29) is 0 Å². The Morgan fingerprint density at radius 3 is 2.40 bits per heavy atom. The van der Waals surface area contributed by atoms with Gasteiger partial charge in [-0.15, -0.1) is 0 Å². The molecule has 1 unspecified atom stereocenters. The monoisotopic (exact) mass is 309 g/mol. The van der Waals surface area contributed by atoms with Gasteiger partial charge in [0.25, 0.3) is 0 Å². The lowest BCUT2D eigenvalue weighted by atomic mass is 10.1. The highest BCUT2D eigenvalue weighted by molar-refractivity contribution is 6.31. The summed E-state index contributed by atoms with van der Waals surface area (Å²) in [5, 5.41) is 14.6.